The van der Waals surface area contributed by atoms with Crippen LogP contribution in [0.4, 0.5) is 13.2 Å². The van der Waals surface area contributed by atoms with E-state index in [1.807, 2.05) is 0 Å². The molecule has 1 unspecified atom stereocenters. The average molecular weight is 300 g/mol. The number of hydrogen-bond donors (Lipinski definition) is 1. The van der Waals surface area contributed by atoms with Crippen molar-refractivity contribution in [3.63, 3.8) is 0 Å². The molecule has 1 atom stereocenters. The summed E-state index contributed by atoms with van der Waals surface area (Å²) in [4.78, 5) is 0. The number of halogens is 4. The molecule has 106 valence electrons. The van der Waals surface area contributed by atoms with Crippen LogP contribution in [0.3, 0.4) is 0 Å². The summed E-state index contributed by atoms with van der Waals surface area (Å²) in [6.07, 6.45) is 0.967. The Morgan fingerprint density at radius 2 is 1.70 bits per heavy atom. The molecule has 0 aliphatic rings. The van der Waals surface area contributed by atoms with E-state index in [1.165, 1.54) is 18.2 Å². The van der Waals surface area contributed by atoms with Crippen LogP contribution in [0.15, 0.2) is 36.4 Å². The smallest absolute Gasteiger partial charge is 0.159 e. The Labute approximate surface area is 120 Å². The Kier molecular flexibility index (Phi) is 4.68. The molecule has 0 radical (unpaired) electrons. The summed E-state index contributed by atoms with van der Waals surface area (Å²) in [5.41, 5.74) is 7.22. The van der Waals surface area contributed by atoms with E-state index in [4.69, 9.17) is 17.3 Å². The van der Waals surface area contributed by atoms with E-state index in [-0.39, 0.29) is 5.02 Å². The molecular weight excluding hydrogens is 287 g/mol. The first-order chi connectivity index (χ1) is 9.47. The topological polar surface area (TPSA) is 26.0 Å². The summed E-state index contributed by atoms with van der Waals surface area (Å²) < 4.78 is 39.2. The first-order valence-corrected chi connectivity index (χ1v) is 6.49. The number of nitrogens with two attached hydrogens (primary N) is 1. The normalized spacial score (nSPS) is 12.4. The molecular formula is C15H13ClF3N. The van der Waals surface area contributed by atoms with Gasteiger partial charge < -0.3 is 5.73 Å². The van der Waals surface area contributed by atoms with Gasteiger partial charge in [0, 0.05) is 6.04 Å². The molecule has 0 bridgehead atoms. The van der Waals surface area contributed by atoms with Crippen molar-refractivity contribution < 1.29 is 13.2 Å². The minimum atomic E-state index is -0.881. The second kappa shape index (κ2) is 6.29. The molecule has 5 heteroatoms. The molecule has 0 saturated carbocycles. The predicted octanol–water partition coefficient (Wildman–Crippen LogP) is 4.39. The van der Waals surface area contributed by atoms with Crippen molar-refractivity contribution in [1.82, 2.24) is 0 Å². The number of hydrogen-bond acceptors (Lipinski definition) is 1. The highest BCUT2D eigenvalue weighted by Crippen LogP contribution is 2.22. The Hall–Kier alpha value is -1.52. The van der Waals surface area contributed by atoms with E-state index in [1.54, 1.807) is 6.07 Å². The highest BCUT2D eigenvalue weighted by molar-refractivity contribution is 6.30. The van der Waals surface area contributed by atoms with Gasteiger partial charge in [-0.05, 0) is 48.2 Å². The lowest BCUT2D eigenvalue weighted by molar-refractivity contribution is 0.506. The van der Waals surface area contributed by atoms with E-state index in [9.17, 15) is 13.2 Å². The molecule has 2 rings (SSSR count). The van der Waals surface area contributed by atoms with Crippen LogP contribution in [0.1, 0.15) is 23.6 Å². The standard InChI is InChI=1S/C15H13ClF3N/c16-11-4-3-10(8-13(11)18)15(20)6-2-9-1-5-12(17)14(19)7-9/h1,3-5,7-8,15H,2,6,20H2. The van der Waals surface area contributed by atoms with E-state index in [2.05, 4.69) is 0 Å². The van der Waals surface area contributed by atoms with Crippen molar-refractivity contribution >= 4 is 11.6 Å². The lowest BCUT2D eigenvalue weighted by Crippen LogP contribution is -2.11. The van der Waals surface area contributed by atoms with Gasteiger partial charge in [0.2, 0.25) is 0 Å². The lowest BCUT2D eigenvalue weighted by Gasteiger charge is -2.12. The summed E-state index contributed by atoms with van der Waals surface area (Å²) in [6.45, 7) is 0. The Morgan fingerprint density at radius 1 is 0.950 bits per heavy atom. The summed E-state index contributed by atoms with van der Waals surface area (Å²) in [5, 5.41) is 0.0431. The molecule has 0 amide bonds. The molecule has 1 nitrogen and oxygen atoms in total. The Morgan fingerprint density at radius 3 is 2.35 bits per heavy atom. The van der Waals surface area contributed by atoms with Gasteiger partial charge in [0.05, 0.1) is 5.02 Å². The molecule has 0 heterocycles. The number of rotatable bonds is 4. The van der Waals surface area contributed by atoms with Gasteiger partial charge in [-0.25, -0.2) is 13.2 Å². The van der Waals surface area contributed by atoms with E-state index in [0.717, 1.165) is 12.1 Å². The molecule has 2 aromatic rings. The quantitative estimate of drug-likeness (QED) is 0.890. The fraction of sp³-hybridized carbons (Fsp3) is 0.200. The van der Waals surface area contributed by atoms with Crippen LogP contribution in [-0.4, -0.2) is 0 Å². The average Bonchev–Trinajstić information content (AvgIpc) is 2.43. The first-order valence-electron chi connectivity index (χ1n) is 6.12. The second-order valence-corrected chi connectivity index (χ2v) is 4.97. The van der Waals surface area contributed by atoms with Crippen molar-refractivity contribution in [3.05, 3.63) is 70.0 Å². The summed E-state index contributed by atoms with van der Waals surface area (Å²) in [7, 11) is 0. The van der Waals surface area contributed by atoms with Gasteiger partial charge >= 0.3 is 0 Å². The molecule has 0 spiro atoms. The van der Waals surface area contributed by atoms with Gasteiger partial charge in [0.1, 0.15) is 5.82 Å². The van der Waals surface area contributed by atoms with Gasteiger partial charge in [-0.15, -0.1) is 0 Å². The largest absolute Gasteiger partial charge is 0.324 e. The maximum atomic E-state index is 13.3. The molecule has 2 aromatic carbocycles. The van der Waals surface area contributed by atoms with Crippen LogP contribution in [-0.2, 0) is 6.42 Å². The van der Waals surface area contributed by atoms with Crippen LogP contribution in [0.25, 0.3) is 0 Å². The minimum absolute atomic E-state index is 0.0431. The zero-order valence-corrected chi connectivity index (χ0v) is 11.3. The van der Waals surface area contributed by atoms with Gasteiger partial charge in [0.15, 0.2) is 11.6 Å². The van der Waals surface area contributed by atoms with E-state index < -0.39 is 23.5 Å². The monoisotopic (exact) mass is 299 g/mol. The molecule has 0 aliphatic heterocycles. The zero-order valence-electron chi connectivity index (χ0n) is 10.5. The van der Waals surface area contributed by atoms with Crippen LogP contribution in [0.2, 0.25) is 5.02 Å². The maximum Gasteiger partial charge on any atom is 0.159 e. The molecule has 0 aliphatic carbocycles. The van der Waals surface area contributed by atoms with Gasteiger partial charge in [-0.2, -0.15) is 0 Å². The highest BCUT2D eigenvalue weighted by atomic mass is 35.5. The number of benzene rings is 2. The van der Waals surface area contributed by atoms with Crippen molar-refractivity contribution in [1.29, 1.82) is 0 Å². The minimum Gasteiger partial charge on any atom is -0.324 e. The van der Waals surface area contributed by atoms with Crippen LogP contribution in [0.5, 0.6) is 0 Å². The Bertz CT molecular complexity index is 616. The van der Waals surface area contributed by atoms with E-state index >= 15 is 0 Å². The van der Waals surface area contributed by atoms with Crippen molar-refractivity contribution in [2.24, 2.45) is 5.73 Å². The fourth-order valence-electron chi connectivity index (χ4n) is 1.93. The molecule has 2 N–H and O–H groups in total. The SMILES string of the molecule is NC(CCc1ccc(F)c(F)c1)c1ccc(Cl)c(F)c1. The molecule has 0 fully saturated rings. The number of aryl methyl sites for hydroxylation is 1. The van der Waals surface area contributed by atoms with Crippen LogP contribution >= 0.6 is 11.6 Å². The summed E-state index contributed by atoms with van der Waals surface area (Å²) >= 11 is 5.60. The third-order valence-electron chi connectivity index (χ3n) is 3.10. The van der Waals surface area contributed by atoms with Crippen molar-refractivity contribution in [2.45, 2.75) is 18.9 Å². The van der Waals surface area contributed by atoms with Crippen molar-refractivity contribution in [2.75, 3.05) is 0 Å². The third-order valence-corrected chi connectivity index (χ3v) is 3.41. The first kappa shape index (κ1) is 14.9. The maximum absolute atomic E-state index is 13.3. The lowest BCUT2D eigenvalue weighted by atomic mass is 9.99. The van der Waals surface area contributed by atoms with Crippen LogP contribution in [0, 0.1) is 17.5 Å². The van der Waals surface area contributed by atoms with Crippen LogP contribution < -0.4 is 5.73 Å². The molecule has 0 saturated heterocycles. The van der Waals surface area contributed by atoms with Gasteiger partial charge in [-0.1, -0.05) is 23.7 Å². The zero-order chi connectivity index (χ0) is 14.7. The Balaban J connectivity index is 2.02. The molecule has 0 aromatic heterocycles. The summed E-state index contributed by atoms with van der Waals surface area (Å²) in [5.74, 6) is -2.28. The molecule has 20 heavy (non-hydrogen) atoms. The van der Waals surface area contributed by atoms with Gasteiger partial charge in [0.25, 0.3) is 0 Å². The van der Waals surface area contributed by atoms with E-state index in [0.29, 0.717) is 24.0 Å². The predicted molar refractivity (Wildman–Crippen MR) is 73.0 cm³/mol. The summed E-state index contributed by atoms with van der Waals surface area (Å²) in [6, 6.07) is 7.73. The third kappa shape index (κ3) is 3.52. The highest BCUT2D eigenvalue weighted by Gasteiger charge is 2.10. The fourth-order valence-corrected chi connectivity index (χ4v) is 2.04. The second-order valence-electron chi connectivity index (χ2n) is 4.57. The van der Waals surface area contributed by atoms with Gasteiger partial charge in [-0.3, -0.25) is 0 Å². The van der Waals surface area contributed by atoms with Crippen molar-refractivity contribution in [3.8, 4) is 0 Å².